The first-order chi connectivity index (χ1) is 16.3. The van der Waals surface area contributed by atoms with Gasteiger partial charge in [-0.1, -0.05) is 44.2 Å². The Balaban J connectivity index is 1.47. The SMILES string of the molecule is CC(C)(Nc1nc2ccccc2n(C2C[C@H]3CC[C@@H](C2)N3C2CCCCCCC2)c1=O)C(=O)O. The average Bonchev–Trinajstić information content (AvgIpc) is 3.03. The molecule has 3 atom stereocenters. The molecule has 3 heterocycles. The van der Waals surface area contributed by atoms with E-state index in [2.05, 4.69) is 15.2 Å². The summed E-state index contributed by atoms with van der Waals surface area (Å²) < 4.78 is 1.92. The molecule has 2 aromatic rings. The highest BCUT2D eigenvalue weighted by molar-refractivity contribution is 5.82. The molecule has 2 N–H and O–H groups in total. The van der Waals surface area contributed by atoms with Crippen LogP contribution in [0.5, 0.6) is 0 Å². The van der Waals surface area contributed by atoms with Gasteiger partial charge in [0.2, 0.25) is 0 Å². The van der Waals surface area contributed by atoms with Crippen molar-refractivity contribution >= 4 is 22.8 Å². The highest BCUT2D eigenvalue weighted by Crippen LogP contribution is 2.44. The molecule has 7 heteroatoms. The summed E-state index contributed by atoms with van der Waals surface area (Å²) >= 11 is 0. The number of carboxylic acids is 1. The summed E-state index contributed by atoms with van der Waals surface area (Å²) in [6.45, 7) is 3.12. The fraction of sp³-hybridized carbons (Fsp3) is 0.667. The lowest BCUT2D eigenvalue weighted by Gasteiger charge is -2.45. The molecule has 0 radical (unpaired) electrons. The molecule has 2 aliphatic heterocycles. The van der Waals surface area contributed by atoms with Crippen LogP contribution in [0.2, 0.25) is 0 Å². The highest BCUT2D eigenvalue weighted by atomic mass is 16.4. The Morgan fingerprint density at radius 2 is 1.56 bits per heavy atom. The Hall–Kier alpha value is -2.41. The van der Waals surface area contributed by atoms with E-state index in [-0.39, 0.29) is 17.4 Å². The van der Waals surface area contributed by atoms with Gasteiger partial charge in [-0.15, -0.1) is 0 Å². The van der Waals surface area contributed by atoms with E-state index >= 15 is 0 Å². The standard InChI is InChI=1S/C27H38N4O3/c1-27(2,26(33)34)29-24-25(32)31(23-13-9-8-12-22(23)28-24)21-16-19-14-15-20(17-21)30(19)18-10-6-4-3-5-7-11-18/h8-9,12-13,18-21H,3-7,10-11,14-17H2,1-2H3,(H,28,29)(H,33,34)/t19-,20+,21?. The molecule has 1 unspecified atom stereocenters. The third-order valence-corrected chi connectivity index (χ3v) is 8.39. The number of hydrogen-bond acceptors (Lipinski definition) is 5. The number of nitrogens with zero attached hydrogens (tertiary/aromatic N) is 3. The fourth-order valence-electron chi connectivity index (χ4n) is 6.67. The summed E-state index contributed by atoms with van der Waals surface area (Å²) in [5.41, 5.74) is 0.0694. The number of hydrogen-bond donors (Lipinski definition) is 2. The Kier molecular flexibility index (Phi) is 6.40. The van der Waals surface area contributed by atoms with Crippen molar-refractivity contribution in [1.29, 1.82) is 0 Å². The maximum absolute atomic E-state index is 13.7. The van der Waals surface area contributed by atoms with Crippen molar-refractivity contribution < 1.29 is 9.90 Å². The van der Waals surface area contributed by atoms with Crippen LogP contribution >= 0.6 is 0 Å². The van der Waals surface area contributed by atoms with Crippen LogP contribution in [0, 0.1) is 0 Å². The van der Waals surface area contributed by atoms with E-state index in [0.29, 0.717) is 18.1 Å². The molecule has 3 fully saturated rings. The summed E-state index contributed by atoms with van der Waals surface area (Å²) in [6.07, 6.45) is 13.8. The molecule has 2 saturated heterocycles. The first-order valence-corrected chi connectivity index (χ1v) is 13.2. The lowest BCUT2D eigenvalue weighted by atomic mass is 9.89. The molecule has 1 aromatic heterocycles. The summed E-state index contributed by atoms with van der Waals surface area (Å²) in [5, 5.41) is 12.5. The van der Waals surface area contributed by atoms with Gasteiger partial charge in [-0.25, -0.2) is 9.78 Å². The summed E-state index contributed by atoms with van der Waals surface area (Å²) in [5.74, 6) is -0.889. The number of nitrogens with one attached hydrogen (secondary N) is 1. The van der Waals surface area contributed by atoms with Gasteiger partial charge < -0.3 is 15.0 Å². The minimum atomic E-state index is -1.28. The normalized spacial score (nSPS) is 26.8. The third kappa shape index (κ3) is 4.35. The number of rotatable bonds is 5. The molecule has 2 bridgehead atoms. The Labute approximate surface area is 201 Å². The van der Waals surface area contributed by atoms with Crippen LogP contribution < -0.4 is 10.9 Å². The second kappa shape index (κ2) is 9.33. The molecule has 1 aliphatic carbocycles. The molecule has 3 aliphatic rings. The van der Waals surface area contributed by atoms with E-state index in [1.165, 1.54) is 57.8 Å². The van der Waals surface area contributed by atoms with Crippen LogP contribution in [-0.4, -0.2) is 49.2 Å². The van der Waals surface area contributed by atoms with Gasteiger partial charge in [-0.05, 0) is 64.5 Å². The minimum absolute atomic E-state index is 0.108. The summed E-state index contributed by atoms with van der Waals surface area (Å²) in [4.78, 5) is 32.8. The predicted molar refractivity (Wildman–Crippen MR) is 134 cm³/mol. The van der Waals surface area contributed by atoms with Gasteiger partial charge in [-0.3, -0.25) is 9.69 Å². The van der Waals surface area contributed by atoms with E-state index in [1.54, 1.807) is 13.8 Å². The van der Waals surface area contributed by atoms with Crippen LogP contribution in [0.3, 0.4) is 0 Å². The minimum Gasteiger partial charge on any atom is -0.480 e. The Morgan fingerprint density at radius 1 is 0.941 bits per heavy atom. The van der Waals surface area contributed by atoms with E-state index in [0.717, 1.165) is 23.9 Å². The average molecular weight is 467 g/mol. The number of piperidine rings is 1. The van der Waals surface area contributed by atoms with Crippen LogP contribution in [0.1, 0.15) is 90.5 Å². The number of aliphatic carboxylic acids is 1. The topological polar surface area (TPSA) is 87.5 Å². The second-order valence-corrected chi connectivity index (χ2v) is 11.1. The van der Waals surface area contributed by atoms with E-state index in [1.807, 2.05) is 28.8 Å². The van der Waals surface area contributed by atoms with Gasteiger partial charge >= 0.3 is 5.97 Å². The van der Waals surface area contributed by atoms with Gasteiger partial charge in [0, 0.05) is 24.2 Å². The lowest BCUT2D eigenvalue weighted by Crippen LogP contribution is -2.50. The van der Waals surface area contributed by atoms with Gasteiger partial charge in [0.1, 0.15) is 5.54 Å². The van der Waals surface area contributed by atoms with Crippen molar-refractivity contribution in [3.8, 4) is 0 Å². The lowest BCUT2D eigenvalue weighted by molar-refractivity contribution is -0.141. The second-order valence-electron chi connectivity index (χ2n) is 11.1. The zero-order valence-corrected chi connectivity index (χ0v) is 20.5. The number of fused-ring (bicyclic) bond motifs is 3. The summed E-state index contributed by atoms with van der Waals surface area (Å²) in [7, 11) is 0. The highest BCUT2D eigenvalue weighted by Gasteiger charge is 2.44. The van der Waals surface area contributed by atoms with Crippen molar-refractivity contribution in [2.45, 2.75) is 114 Å². The maximum atomic E-state index is 13.7. The van der Waals surface area contributed by atoms with Gasteiger partial charge in [0.25, 0.3) is 5.56 Å². The zero-order valence-electron chi connectivity index (χ0n) is 20.5. The number of para-hydroxylation sites is 2. The Bertz CT molecular complexity index is 1090. The molecular weight excluding hydrogens is 428 g/mol. The third-order valence-electron chi connectivity index (χ3n) is 8.39. The molecule has 34 heavy (non-hydrogen) atoms. The van der Waals surface area contributed by atoms with E-state index in [9.17, 15) is 14.7 Å². The van der Waals surface area contributed by atoms with Crippen LogP contribution in [0.4, 0.5) is 5.82 Å². The molecule has 5 rings (SSSR count). The molecule has 0 spiro atoms. The van der Waals surface area contributed by atoms with Gasteiger partial charge in [-0.2, -0.15) is 0 Å². The predicted octanol–water partition coefficient (Wildman–Crippen LogP) is 4.95. The fourth-order valence-corrected chi connectivity index (χ4v) is 6.67. The number of carboxylic acid groups (broad SMARTS) is 1. The number of aromatic nitrogens is 2. The van der Waals surface area contributed by atoms with E-state index in [4.69, 9.17) is 0 Å². The Morgan fingerprint density at radius 3 is 2.21 bits per heavy atom. The smallest absolute Gasteiger partial charge is 0.328 e. The molecule has 7 nitrogen and oxygen atoms in total. The summed E-state index contributed by atoms with van der Waals surface area (Å²) in [6, 6.07) is 9.60. The molecule has 1 aromatic carbocycles. The molecule has 0 amide bonds. The van der Waals surface area contributed by atoms with Crippen LogP contribution in [0.15, 0.2) is 29.1 Å². The van der Waals surface area contributed by atoms with Crippen molar-refractivity contribution in [3.05, 3.63) is 34.6 Å². The molecule has 1 saturated carbocycles. The van der Waals surface area contributed by atoms with Gasteiger partial charge in [0.05, 0.1) is 11.0 Å². The number of anilines is 1. The molecule has 184 valence electrons. The van der Waals surface area contributed by atoms with Crippen molar-refractivity contribution in [1.82, 2.24) is 14.5 Å². The number of benzene rings is 1. The zero-order chi connectivity index (χ0) is 23.9. The van der Waals surface area contributed by atoms with Crippen molar-refractivity contribution in [2.75, 3.05) is 5.32 Å². The van der Waals surface area contributed by atoms with E-state index < -0.39 is 11.5 Å². The quantitative estimate of drug-likeness (QED) is 0.648. The van der Waals surface area contributed by atoms with Crippen LogP contribution in [-0.2, 0) is 4.79 Å². The number of carbonyl (C=O) groups is 1. The first-order valence-electron chi connectivity index (χ1n) is 13.2. The maximum Gasteiger partial charge on any atom is 0.328 e. The van der Waals surface area contributed by atoms with Crippen molar-refractivity contribution in [3.63, 3.8) is 0 Å². The largest absolute Gasteiger partial charge is 0.480 e. The first kappa shape index (κ1) is 23.3. The van der Waals surface area contributed by atoms with Gasteiger partial charge in [0.15, 0.2) is 5.82 Å². The monoisotopic (exact) mass is 466 g/mol. The van der Waals surface area contributed by atoms with Crippen molar-refractivity contribution in [2.24, 2.45) is 0 Å². The molecular formula is C27H38N4O3. The van der Waals surface area contributed by atoms with Crippen LogP contribution in [0.25, 0.3) is 11.0 Å².